The van der Waals surface area contributed by atoms with Crippen molar-refractivity contribution in [2.24, 2.45) is 5.73 Å². The average molecular weight is 275 g/mol. The zero-order valence-corrected chi connectivity index (χ0v) is 11.1. The third kappa shape index (κ3) is 3.72. The normalized spacial score (nSPS) is 10.2. The van der Waals surface area contributed by atoms with Gasteiger partial charge in [-0.3, -0.25) is 4.98 Å². The largest absolute Gasteiger partial charge is 0.388 e. The third-order valence-electron chi connectivity index (χ3n) is 2.68. The van der Waals surface area contributed by atoms with Gasteiger partial charge in [-0.15, -0.1) is 0 Å². The predicted octanol–water partition coefficient (Wildman–Crippen LogP) is 2.51. The number of benzene rings is 1. The van der Waals surface area contributed by atoms with Crippen LogP contribution in [0.25, 0.3) is 0 Å². The van der Waals surface area contributed by atoms with E-state index in [4.69, 9.17) is 18.0 Å². The van der Waals surface area contributed by atoms with Crippen molar-refractivity contribution in [1.29, 1.82) is 0 Å². The summed E-state index contributed by atoms with van der Waals surface area (Å²) in [4.78, 5) is 4.41. The number of aromatic nitrogens is 1. The molecule has 0 fully saturated rings. The molecule has 0 aliphatic rings. The Morgan fingerprint density at radius 2 is 2.00 bits per heavy atom. The van der Waals surface area contributed by atoms with E-state index in [0.29, 0.717) is 12.2 Å². The Balaban J connectivity index is 1.96. The molecular weight excluding hydrogens is 261 g/mol. The van der Waals surface area contributed by atoms with Gasteiger partial charge in [0, 0.05) is 12.7 Å². The second-order valence-corrected chi connectivity index (χ2v) is 4.51. The molecule has 2 rings (SSSR count). The lowest BCUT2D eigenvalue weighted by Gasteiger charge is -2.10. The van der Waals surface area contributed by atoms with Gasteiger partial charge in [-0.25, -0.2) is 4.39 Å². The fourth-order valence-corrected chi connectivity index (χ4v) is 1.90. The highest BCUT2D eigenvalue weighted by Gasteiger charge is 2.05. The summed E-state index contributed by atoms with van der Waals surface area (Å²) >= 11 is 4.94. The molecule has 1 aromatic heterocycles. The Bertz CT molecular complexity index is 569. The van der Waals surface area contributed by atoms with Crippen LogP contribution in [0.5, 0.6) is 0 Å². The van der Waals surface area contributed by atoms with Crippen LogP contribution in [0.3, 0.4) is 0 Å². The molecule has 0 radical (unpaired) electrons. The lowest BCUT2D eigenvalue weighted by Crippen LogP contribution is -2.16. The van der Waals surface area contributed by atoms with E-state index < -0.39 is 0 Å². The number of halogens is 1. The summed E-state index contributed by atoms with van der Waals surface area (Å²) in [6.45, 7) is 0.701. The Labute approximate surface area is 116 Å². The van der Waals surface area contributed by atoms with Gasteiger partial charge in [0.05, 0.1) is 5.69 Å². The Morgan fingerprint density at radius 1 is 1.26 bits per heavy atom. The third-order valence-corrected chi connectivity index (χ3v) is 2.88. The van der Waals surface area contributed by atoms with Crippen molar-refractivity contribution in [2.75, 3.05) is 11.9 Å². The van der Waals surface area contributed by atoms with Crippen LogP contribution in [0.15, 0.2) is 42.6 Å². The Hall–Kier alpha value is -2.01. The highest BCUT2D eigenvalue weighted by atomic mass is 32.1. The maximum absolute atomic E-state index is 12.8. The zero-order chi connectivity index (χ0) is 13.7. The Kier molecular flexibility index (Phi) is 4.41. The summed E-state index contributed by atoms with van der Waals surface area (Å²) < 4.78 is 12.8. The van der Waals surface area contributed by atoms with Crippen LogP contribution in [0, 0.1) is 5.82 Å². The molecule has 98 valence electrons. The van der Waals surface area contributed by atoms with E-state index in [1.165, 1.54) is 12.1 Å². The molecule has 0 atom stereocenters. The standard InChI is InChI=1S/C14H14FN3S/c15-11-5-3-10(4-6-11)7-9-17-12-2-1-8-18-13(12)14(16)19/h1-6,8,17H,7,9H2,(H2,16,19). The van der Waals surface area contributed by atoms with Gasteiger partial charge >= 0.3 is 0 Å². The van der Waals surface area contributed by atoms with Crippen LogP contribution in [-0.2, 0) is 6.42 Å². The highest BCUT2D eigenvalue weighted by molar-refractivity contribution is 7.80. The van der Waals surface area contributed by atoms with E-state index in [1.807, 2.05) is 12.1 Å². The molecule has 3 N–H and O–H groups in total. The van der Waals surface area contributed by atoms with Crippen molar-refractivity contribution in [3.8, 4) is 0 Å². The lowest BCUT2D eigenvalue weighted by atomic mass is 10.1. The van der Waals surface area contributed by atoms with E-state index in [1.54, 1.807) is 18.3 Å². The monoisotopic (exact) mass is 275 g/mol. The predicted molar refractivity (Wildman–Crippen MR) is 78.7 cm³/mol. The molecule has 0 unspecified atom stereocenters. The second kappa shape index (κ2) is 6.24. The van der Waals surface area contributed by atoms with E-state index in [0.717, 1.165) is 17.7 Å². The van der Waals surface area contributed by atoms with Gasteiger partial charge < -0.3 is 11.1 Å². The van der Waals surface area contributed by atoms with Crippen LogP contribution in [-0.4, -0.2) is 16.5 Å². The summed E-state index contributed by atoms with van der Waals surface area (Å²) in [5, 5.41) is 3.23. The van der Waals surface area contributed by atoms with Gasteiger partial charge in [0.15, 0.2) is 0 Å². The van der Waals surface area contributed by atoms with Gasteiger partial charge in [-0.1, -0.05) is 24.4 Å². The summed E-state index contributed by atoms with van der Waals surface area (Å²) in [5.41, 5.74) is 8.08. The quantitative estimate of drug-likeness (QED) is 0.823. The molecule has 0 spiro atoms. The van der Waals surface area contributed by atoms with Crippen molar-refractivity contribution in [3.05, 3.63) is 59.7 Å². The molecule has 0 saturated carbocycles. The molecule has 0 aliphatic heterocycles. The zero-order valence-electron chi connectivity index (χ0n) is 10.3. The first-order valence-corrected chi connectivity index (χ1v) is 6.31. The average Bonchev–Trinajstić information content (AvgIpc) is 2.41. The number of hydrogen-bond acceptors (Lipinski definition) is 3. The number of rotatable bonds is 5. The van der Waals surface area contributed by atoms with E-state index in [2.05, 4.69) is 10.3 Å². The number of anilines is 1. The number of thiocarbonyl (C=S) groups is 1. The topological polar surface area (TPSA) is 50.9 Å². The molecule has 5 heteroatoms. The SMILES string of the molecule is NC(=S)c1ncccc1NCCc1ccc(F)cc1. The molecule has 0 amide bonds. The summed E-state index contributed by atoms with van der Waals surface area (Å²) in [6, 6.07) is 10.2. The van der Waals surface area contributed by atoms with Gasteiger partial charge in [0.1, 0.15) is 16.5 Å². The van der Waals surface area contributed by atoms with Gasteiger partial charge in [0.25, 0.3) is 0 Å². The minimum atomic E-state index is -0.222. The number of nitrogens with one attached hydrogen (secondary N) is 1. The van der Waals surface area contributed by atoms with Crippen LogP contribution in [0.2, 0.25) is 0 Å². The van der Waals surface area contributed by atoms with Crippen molar-refractivity contribution >= 4 is 22.9 Å². The van der Waals surface area contributed by atoms with Gasteiger partial charge in [0.2, 0.25) is 0 Å². The van der Waals surface area contributed by atoms with Crippen LogP contribution in [0.4, 0.5) is 10.1 Å². The molecule has 2 aromatic rings. The molecule has 0 bridgehead atoms. The molecule has 1 heterocycles. The molecule has 0 saturated heterocycles. The summed E-state index contributed by atoms with van der Waals surface area (Å²) in [6.07, 6.45) is 2.44. The first-order chi connectivity index (χ1) is 9.16. The van der Waals surface area contributed by atoms with Gasteiger partial charge in [-0.2, -0.15) is 0 Å². The first-order valence-electron chi connectivity index (χ1n) is 5.90. The molecule has 1 aromatic carbocycles. The van der Waals surface area contributed by atoms with Crippen molar-refractivity contribution in [2.45, 2.75) is 6.42 Å². The number of pyridine rings is 1. The summed E-state index contributed by atoms with van der Waals surface area (Å²) in [7, 11) is 0. The minimum absolute atomic E-state index is 0.222. The van der Waals surface area contributed by atoms with Gasteiger partial charge in [-0.05, 0) is 36.2 Å². The maximum atomic E-state index is 12.8. The minimum Gasteiger partial charge on any atom is -0.388 e. The fourth-order valence-electron chi connectivity index (χ4n) is 1.74. The van der Waals surface area contributed by atoms with Crippen LogP contribution < -0.4 is 11.1 Å². The number of nitrogens with zero attached hydrogens (tertiary/aromatic N) is 1. The van der Waals surface area contributed by atoms with E-state index >= 15 is 0 Å². The molecular formula is C14H14FN3S. The fraction of sp³-hybridized carbons (Fsp3) is 0.143. The molecule has 3 nitrogen and oxygen atoms in total. The highest BCUT2D eigenvalue weighted by Crippen LogP contribution is 2.12. The second-order valence-electron chi connectivity index (χ2n) is 4.07. The van der Waals surface area contributed by atoms with Crippen molar-refractivity contribution in [1.82, 2.24) is 4.98 Å². The molecule has 0 aliphatic carbocycles. The first kappa shape index (κ1) is 13.4. The smallest absolute Gasteiger partial charge is 0.124 e. The van der Waals surface area contributed by atoms with E-state index in [-0.39, 0.29) is 10.8 Å². The van der Waals surface area contributed by atoms with Crippen molar-refractivity contribution in [3.63, 3.8) is 0 Å². The van der Waals surface area contributed by atoms with E-state index in [9.17, 15) is 4.39 Å². The lowest BCUT2D eigenvalue weighted by molar-refractivity contribution is 0.627. The van der Waals surface area contributed by atoms with Crippen molar-refractivity contribution < 1.29 is 4.39 Å². The van der Waals surface area contributed by atoms with Crippen LogP contribution >= 0.6 is 12.2 Å². The number of hydrogen-bond donors (Lipinski definition) is 2. The summed E-state index contributed by atoms with van der Waals surface area (Å²) in [5.74, 6) is -0.222. The number of nitrogens with two attached hydrogens (primary N) is 1. The Morgan fingerprint density at radius 3 is 2.68 bits per heavy atom. The molecule has 19 heavy (non-hydrogen) atoms. The van der Waals surface area contributed by atoms with Crippen LogP contribution in [0.1, 0.15) is 11.3 Å². The maximum Gasteiger partial charge on any atom is 0.124 e.